The van der Waals surface area contributed by atoms with E-state index in [0.29, 0.717) is 13.1 Å². The Morgan fingerprint density at radius 1 is 1.31 bits per heavy atom. The molecule has 1 atom stereocenters. The molecule has 1 fully saturated rings. The number of hydrogen-bond donors (Lipinski definition) is 3. The molecule has 1 aliphatic heterocycles. The molecule has 1 radical (unpaired) electrons. The van der Waals surface area contributed by atoms with Crippen LogP contribution < -0.4 is 16.0 Å². The van der Waals surface area contributed by atoms with Crippen LogP contribution in [0.3, 0.4) is 0 Å². The van der Waals surface area contributed by atoms with E-state index in [-0.39, 0.29) is 18.0 Å². The third-order valence-electron chi connectivity index (χ3n) is 4.49. The molecule has 0 spiro atoms. The molecule has 1 unspecified atom stereocenters. The smallest absolute Gasteiger partial charge is 0.319 e. The van der Waals surface area contributed by atoms with E-state index in [1.165, 1.54) is 0 Å². The topological polar surface area (TPSA) is 86.4 Å². The van der Waals surface area contributed by atoms with Gasteiger partial charge in [0.25, 0.3) is 0 Å². The molecule has 137 valence electrons. The molecule has 0 aliphatic carbocycles. The predicted molar refractivity (Wildman–Crippen MR) is 102 cm³/mol. The van der Waals surface area contributed by atoms with Gasteiger partial charge in [0.05, 0.1) is 17.2 Å². The molecule has 3 rings (SSSR count). The fourth-order valence-electron chi connectivity index (χ4n) is 3.25. The predicted octanol–water partition coefficient (Wildman–Crippen LogP) is 1.69. The van der Waals surface area contributed by atoms with Gasteiger partial charge in [-0.15, -0.1) is 0 Å². The van der Waals surface area contributed by atoms with Crippen molar-refractivity contribution in [1.82, 2.24) is 20.5 Å². The number of likely N-dealkylation sites (N-methyl/N-ethyl adjacent to an activating group) is 1. The quantitative estimate of drug-likeness (QED) is 0.763. The number of aromatic nitrogens is 1. The van der Waals surface area contributed by atoms with Crippen LogP contribution in [-0.4, -0.2) is 54.5 Å². The van der Waals surface area contributed by atoms with Crippen LogP contribution in [0.1, 0.15) is 12.1 Å². The fourth-order valence-corrected chi connectivity index (χ4v) is 3.25. The number of amides is 3. The lowest BCUT2D eigenvalue weighted by atomic mass is 10.1. The van der Waals surface area contributed by atoms with Crippen molar-refractivity contribution >= 4 is 28.5 Å². The summed E-state index contributed by atoms with van der Waals surface area (Å²) in [6.07, 6.45) is 2.89. The summed E-state index contributed by atoms with van der Waals surface area (Å²) in [6, 6.07) is 9.09. The summed E-state index contributed by atoms with van der Waals surface area (Å²) in [5.41, 5.74) is 2.44. The zero-order valence-electron chi connectivity index (χ0n) is 15.1. The highest BCUT2D eigenvalue weighted by Crippen LogP contribution is 2.22. The molecule has 2 aromatic rings. The summed E-state index contributed by atoms with van der Waals surface area (Å²) in [7, 11) is 1.64. The molecule has 0 saturated carbocycles. The van der Waals surface area contributed by atoms with E-state index in [4.69, 9.17) is 0 Å². The van der Waals surface area contributed by atoms with Crippen LogP contribution in [0.5, 0.6) is 0 Å². The number of nitrogens with zero attached hydrogens (tertiary/aromatic N) is 2. The van der Waals surface area contributed by atoms with Crippen LogP contribution in [0.4, 0.5) is 10.5 Å². The Morgan fingerprint density at radius 2 is 2.12 bits per heavy atom. The number of aryl methyl sites for hydroxylation is 1. The fraction of sp³-hybridized carbons (Fsp3) is 0.368. The number of pyridine rings is 1. The highest BCUT2D eigenvalue weighted by molar-refractivity contribution is 6.00. The van der Waals surface area contributed by atoms with Crippen molar-refractivity contribution in [3.63, 3.8) is 0 Å². The number of hydrogen-bond acceptors (Lipinski definition) is 4. The van der Waals surface area contributed by atoms with Crippen molar-refractivity contribution in [2.45, 2.75) is 19.4 Å². The summed E-state index contributed by atoms with van der Waals surface area (Å²) in [4.78, 5) is 30.6. The second-order valence-electron chi connectivity index (χ2n) is 6.33. The number of benzene rings is 1. The number of nitrogens with one attached hydrogen (secondary N) is 3. The SMILES string of the molecule is CNC(=O)C1[CH]CCN1CCNC(=O)Nc1cc(C)nc2ccccc12. The molecule has 3 N–H and O–H groups in total. The van der Waals surface area contributed by atoms with Gasteiger partial charge in [0.15, 0.2) is 0 Å². The molecule has 7 nitrogen and oxygen atoms in total. The Kier molecular flexibility index (Phi) is 5.68. The van der Waals surface area contributed by atoms with Crippen molar-refractivity contribution in [3.8, 4) is 0 Å². The van der Waals surface area contributed by atoms with Crippen molar-refractivity contribution in [1.29, 1.82) is 0 Å². The van der Waals surface area contributed by atoms with Gasteiger partial charge in [-0.1, -0.05) is 18.2 Å². The Labute approximate surface area is 153 Å². The van der Waals surface area contributed by atoms with E-state index in [0.717, 1.165) is 35.2 Å². The van der Waals surface area contributed by atoms with E-state index in [1.807, 2.05) is 43.7 Å². The maximum Gasteiger partial charge on any atom is 0.319 e. The molecule has 1 saturated heterocycles. The maximum atomic E-state index is 12.3. The van der Waals surface area contributed by atoms with E-state index >= 15 is 0 Å². The van der Waals surface area contributed by atoms with E-state index in [1.54, 1.807) is 7.05 Å². The van der Waals surface area contributed by atoms with E-state index in [9.17, 15) is 9.59 Å². The summed E-state index contributed by atoms with van der Waals surface area (Å²) in [5.74, 6) is -0.00863. The first-order chi connectivity index (χ1) is 12.6. The van der Waals surface area contributed by atoms with Gasteiger partial charge in [0.1, 0.15) is 0 Å². The van der Waals surface area contributed by atoms with Crippen molar-refractivity contribution in [2.24, 2.45) is 0 Å². The van der Waals surface area contributed by atoms with Gasteiger partial charge in [-0.25, -0.2) is 4.79 Å². The number of carbonyl (C=O) groups is 2. The van der Waals surface area contributed by atoms with Crippen molar-refractivity contribution in [3.05, 3.63) is 42.4 Å². The Balaban J connectivity index is 1.56. The lowest BCUT2D eigenvalue weighted by Crippen LogP contribution is -2.45. The first-order valence-electron chi connectivity index (χ1n) is 8.78. The lowest BCUT2D eigenvalue weighted by Gasteiger charge is -2.22. The van der Waals surface area contributed by atoms with E-state index in [2.05, 4.69) is 25.8 Å². The molecule has 2 heterocycles. The number of rotatable bonds is 5. The normalized spacial score (nSPS) is 17.2. The first-order valence-corrected chi connectivity index (χ1v) is 8.78. The van der Waals surface area contributed by atoms with Crippen molar-refractivity contribution in [2.75, 3.05) is 32.0 Å². The zero-order valence-corrected chi connectivity index (χ0v) is 15.1. The van der Waals surface area contributed by atoms with Gasteiger partial charge in [-0.05, 0) is 38.4 Å². The van der Waals surface area contributed by atoms with Gasteiger partial charge in [0.2, 0.25) is 5.91 Å². The average Bonchev–Trinajstić information content (AvgIpc) is 3.09. The first kappa shape index (κ1) is 18.1. The number of carbonyl (C=O) groups excluding carboxylic acids is 2. The van der Waals surface area contributed by atoms with Gasteiger partial charge < -0.3 is 16.0 Å². The largest absolute Gasteiger partial charge is 0.358 e. The number of urea groups is 1. The molecule has 26 heavy (non-hydrogen) atoms. The minimum Gasteiger partial charge on any atom is -0.358 e. The third-order valence-corrected chi connectivity index (χ3v) is 4.49. The maximum absolute atomic E-state index is 12.3. The van der Waals surface area contributed by atoms with Gasteiger partial charge in [-0.3, -0.25) is 14.7 Å². The van der Waals surface area contributed by atoms with Crippen LogP contribution in [0.15, 0.2) is 30.3 Å². The minimum atomic E-state index is -0.263. The molecule has 1 aliphatic rings. The average molecular weight is 354 g/mol. The van der Waals surface area contributed by atoms with Gasteiger partial charge in [-0.2, -0.15) is 0 Å². The van der Waals surface area contributed by atoms with Crippen LogP contribution in [0.2, 0.25) is 0 Å². The second kappa shape index (κ2) is 8.14. The highest BCUT2D eigenvalue weighted by atomic mass is 16.2. The Hall–Kier alpha value is -2.67. The molecule has 0 bridgehead atoms. The highest BCUT2D eigenvalue weighted by Gasteiger charge is 2.29. The van der Waals surface area contributed by atoms with Crippen LogP contribution in [0.25, 0.3) is 10.9 Å². The minimum absolute atomic E-state index is 0.00863. The third kappa shape index (κ3) is 4.11. The van der Waals surface area contributed by atoms with Gasteiger partial charge in [0, 0.05) is 31.2 Å². The Morgan fingerprint density at radius 3 is 2.92 bits per heavy atom. The van der Waals surface area contributed by atoms with Crippen LogP contribution in [0, 0.1) is 13.3 Å². The molecular formula is C19H24N5O2. The van der Waals surface area contributed by atoms with Crippen LogP contribution in [-0.2, 0) is 4.79 Å². The second-order valence-corrected chi connectivity index (χ2v) is 6.33. The van der Waals surface area contributed by atoms with Crippen LogP contribution >= 0.6 is 0 Å². The monoisotopic (exact) mass is 354 g/mol. The molecule has 1 aromatic carbocycles. The molecule has 1 aromatic heterocycles. The van der Waals surface area contributed by atoms with Crippen molar-refractivity contribution < 1.29 is 9.59 Å². The standard InChI is InChI=1S/C19H24N5O2/c1-13-12-16(14-6-3-4-7-15(14)22-13)23-19(26)21-9-11-24-10-5-8-17(24)18(25)20-2/h3-4,6-8,12,17H,5,9-11H2,1-2H3,(H,20,25)(H2,21,22,23,26). The van der Waals surface area contributed by atoms with E-state index < -0.39 is 0 Å². The summed E-state index contributed by atoms with van der Waals surface area (Å²) in [5, 5.41) is 9.34. The molecule has 7 heteroatoms. The van der Waals surface area contributed by atoms with Gasteiger partial charge >= 0.3 is 6.03 Å². The number of anilines is 1. The Bertz CT molecular complexity index is 808. The zero-order chi connectivity index (χ0) is 18.5. The lowest BCUT2D eigenvalue weighted by molar-refractivity contribution is -0.124. The molecule has 3 amide bonds. The summed E-state index contributed by atoms with van der Waals surface area (Å²) >= 11 is 0. The number of para-hydroxylation sites is 1. The summed E-state index contributed by atoms with van der Waals surface area (Å²) < 4.78 is 0. The molecular weight excluding hydrogens is 330 g/mol. The summed E-state index contributed by atoms with van der Waals surface area (Å²) in [6.45, 7) is 3.82. The number of fused-ring (bicyclic) bond motifs is 1. The number of likely N-dealkylation sites (tertiary alicyclic amines) is 1.